The van der Waals surface area contributed by atoms with Crippen molar-refractivity contribution in [2.24, 2.45) is 13.0 Å². The standard InChI is InChI=1S/C28H35N5O6S/c1-4-37-24(35)14-30-27(36)29-13-19-5-11-22(12-6-19)26-38-23(16-40-28-32-31-17-33(28)3)18(2)25(39-26)21-9-7-20(15-34)8-10-21/h5-12,17-18,23,25-26,34H,4,13-16H2,1-3H3,(H2,29,30,36)/t18-,23+,25+,26+/m1/s1. The van der Waals surface area contributed by atoms with E-state index in [4.69, 9.17) is 14.2 Å². The van der Waals surface area contributed by atoms with Gasteiger partial charge in [0.25, 0.3) is 0 Å². The zero-order valence-electron chi connectivity index (χ0n) is 22.8. The number of hydrogen-bond acceptors (Lipinski definition) is 9. The van der Waals surface area contributed by atoms with E-state index in [9.17, 15) is 14.7 Å². The lowest BCUT2D eigenvalue weighted by atomic mass is 9.91. The SMILES string of the molecule is CCOC(=O)CNC(=O)NCc1ccc([C@H]2O[C@@H](CSc3nncn3C)[C@@H](C)[C@@H](c3ccc(CO)cc3)O2)cc1. The van der Waals surface area contributed by atoms with Crippen LogP contribution in [0.15, 0.2) is 60.0 Å². The van der Waals surface area contributed by atoms with Gasteiger partial charge in [-0.3, -0.25) is 4.79 Å². The number of nitrogens with one attached hydrogen (secondary N) is 2. The molecular formula is C28H35N5O6S. The van der Waals surface area contributed by atoms with Gasteiger partial charge in [0.1, 0.15) is 12.9 Å². The van der Waals surface area contributed by atoms with E-state index in [1.165, 1.54) is 0 Å². The average Bonchev–Trinajstić information content (AvgIpc) is 3.39. The Morgan fingerprint density at radius 2 is 1.75 bits per heavy atom. The Balaban J connectivity index is 1.43. The minimum absolute atomic E-state index is 0.0156. The number of aryl methyl sites for hydroxylation is 1. The van der Waals surface area contributed by atoms with Crippen molar-refractivity contribution in [3.63, 3.8) is 0 Å². The van der Waals surface area contributed by atoms with Crippen LogP contribution in [0.4, 0.5) is 4.79 Å². The fourth-order valence-corrected chi connectivity index (χ4v) is 5.32. The number of benzene rings is 2. The molecule has 12 heteroatoms. The molecule has 0 bridgehead atoms. The highest BCUT2D eigenvalue weighted by Gasteiger charge is 2.38. The molecule has 214 valence electrons. The number of aliphatic hydroxyl groups is 1. The first-order valence-corrected chi connectivity index (χ1v) is 14.1. The lowest BCUT2D eigenvalue weighted by molar-refractivity contribution is -0.268. The van der Waals surface area contributed by atoms with Crippen molar-refractivity contribution in [3.05, 3.63) is 77.1 Å². The third-order valence-electron chi connectivity index (χ3n) is 6.57. The average molecular weight is 570 g/mol. The van der Waals surface area contributed by atoms with Crippen LogP contribution in [0.2, 0.25) is 0 Å². The number of ether oxygens (including phenoxy) is 3. The highest BCUT2D eigenvalue weighted by atomic mass is 32.2. The lowest BCUT2D eigenvalue weighted by Gasteiger charge is -2.41. The van der Waals surface area contributed by atoms with E-state index < -0.39 is 18.3 Å². The summed E-state index contributed by atoms with van der Waals surface area (Å²) >= 11 is 1.59. The van der Waals surface area contributed by atoms with Crippen molar-refractivity contribution in [1.82, 2.24) is 25.4 Å². The summed E-state index contributed by atoms with van der Waals surface area (Å²) in [7, 11) is 1.91. The summed E-state index contributed by atoms with van der Waals surface area (Å²) in [6, 6.07) is 15.0. The van der Waals surface area contributed by atoms with Gasteiger partial charge in [0.15, 0.2) is 11.4 Å². The summed E-state index contributed by atoms with van der Waals surface area (Å²) in [5.41, 5.74) is 3.59. The number of hydrogen-bond donors (Lipinski definition) is 3. The summed E-state index contributed by atoms with van der Waals surface area (Å²) in [6.07, 6.45) is 0.720. The molecule has 0 radical (unpaired) electrons. The summed E-state index contributed by atoms with van der Waals surface area (Å²) in [5, 5.41) is 23.6. The number of aromatic nitrogens is 3. The zero-order valence-corrected chi connectivity index (χ0v) is 23.6. The Kier molecular flexibility index (Phi) is 10.5. The van der Waals surface area contributed by atoms with Crippen LogP contribution in [-0.4, -0.2) is 56.9 Å². The van der Waals surface area contributed by atoms with Gasteiger partial charge in [0.2, 0.25) is 0 Å². The number of nitrogens with zero attached hydrogens (tertiary/aromatic N) is 3. The predicted molar refractivity (Wildman–Crippen MR) is 148 cm³/mol. The molecular weight excluding hydrogens is 534 g/mol. The summed E-state index contributed by atoms with van der Waals surface area (Å²) < 4.78 is 19.6. The summed E-state index contributed by atoms with van der Waals surface area (Å²) in [6.45, 7) is 4.17. The van der Waals surface area contributed by atoms with Crippen LogP contribution in [0, 0.1) is 5.92 Å². The Bertz CT molecular complexity index is 1250. The molecule has 11 nitrogen and oxygen atoms in total. The molecule has 0 saturated carbocycles. The fraction of sp³-hybridized carbons (Fsp3) is 0.429. The number of amides is 2. The molecule has 2 aromatic carbocycles. The van der Waals surface area contributed by atoms with E-state index in [0.29, 0.717) is 5.75 Å². The molecule has 3 aromatic rings. The van der Waals surface area contributed by atoms with Crippen molar-refractivity contribution >= 4 is 23.8 Å². The molecule has 4 rings (SSSR count). The van der Waals surface area contributed by atoms with Crippen LogP contribution in [-0.2, 0) is 39.2 Å². The van der Waals surface area contributed by atoms with Crippen molar-refractivity contribution in [1.29, 1.82) is 0 Å². The molecule has 2 heterocycles. The fourth-order valence-electron chi connectivity index (χ4n) is 4.27. The molecule has 2 amide bonds. The smallest absolute Gasteiger partial charge is 0.325 e. The number of rotatable bonds is 11. The molecule has 1 aliphatic heterocycles. The van der Waals surface area contributed by atoms with Crippen molar-refractivity contribution in [2.75, 3.05) is 18.9 Å². The normalized spacial score (nSPS) is 20.6. The van der Waals surface area contributed by atoms with Gasteiger partial charge in [0, 0.05) is 30.8 Å². The van der Waals surface area contributed by atoms with Crippen LogP contribution in [0.5, 0.6) is 0 Å². The van der Waals surface area contributed by atoms with Crippen molar-refractivity contribution in [2.45, 2.75) is 50.7 Å². The zero-order chi connectivity index (χ0) is 28.5. The number of urea groups is 1. The Morgan fingerprint density at radius 1 is 1.05 bits per heavy atom. The van der Waals surface area contributed by atoms with Gasteiger partial charge in [0.05, 0.1) is 25.4 Å². The quantitative estimate of drug-likeness (QED) is 0.235. The van der Waals surface area contributed by atoms with Gasteiger partial charge in [-0.2, -0.15) is 0 Å². The van der Waals surface area contributed by atoms with E-state index >= 15 is 0 Å². The van der Waals surface area contributed by atoms with Crippen LogP contribution in [0.3, 0.4) is 0 Å². The van der Waals surface area contributed by atoms with Gasteiger partial charge in [-0.1, -0.05) is 67.2 Å². The van der Waals surface area contributed by atoms with E-state index in [-0.39, 0.29) is 44.4 Å². The van der Waals surface area contributed by atoms with Crippen LogP contribution >= 0.6 is 11.8 Å². The van der Waals surface area contributed by atoms with Crippen molar-refractivity contribution in [3.8, 4) is 0 Å². The first kappa shape index (κ1) is 29.5. The summed E-state index contributed by atoms with van der Waals surface area (Å²) in [5.74, 6) is 0.232. The van der Waals surface area contributed by atoms with E-state index in [2.05, 4.69) is 27.8 Å². The van der Waals surface area contributed by atoms with Crippen LogP contribution in [0.1, 0.15) is 48.5 Å². The van der Waals surface area contributed by atoms with E-state index in [1.54, 1.807) is 25.0 Å². The van der Waals surface area contributed by atoms with Gasteiger partial charge in [-0.15, -0.1) is 10.2 Å². The number of carbonyl (C=O) groups is 2. The third kappa shape index (κ3) is 7.81. The molecule has 1 fully saturated rings. The van der Waals surface area contributed by atoms with E-state index in [0.717, 1.165) is 27.4 Å². The lowest BCUT2D eigenvalue weighted by Crippen LogP contribution is -2.39. The monoisotopic (exact) mass is 569 g/mol. The molecule has 4 atom stereocenters. The molecule has 40 heavy (non-hydrogen) atoms. The topological polar surface area (TPSA) is 137 Å². The van der Waals surface area contributed by atoms with Crippen molar-refractivity contribution < 1.29 is 28.9 Å². The maximum Gasteiger partial charge on any atom is 0.325 e. The third-order valence-corrected chi connectivity index (χ3v) is 7.70. The molecule has 1 saturated heterocycles. The minimum Gasteiger partial charge on any atom is -0.465 e. The number of carbonyl (C=O) groups excluding carboxylic acids is 2. The van der Waals surface area contributed by atoms with Gasteiger partial charge in [-0.05, 0) is 23.6 Å². The van der Waals surface area contributed by atoms with Gasteiger partial charge >= 0.3 is 12.0 Å². The second kappa shape index (κ2) is 14.3. The molecule has 0 aliphatic carbocycles. The highest BCUT2D eigenvalue weighted by Crippen LogP contribution is 2.42. The van der Waals surface area contributed by atoms with Crippen LogP contribution < -0.4 is 10.6 Å². The molecule has 0 unspecified atom stereocenters. The van der Waals surface area contributed by atoms with Gasteiger partial charge in [-0.25, -0.2) is 4.79 Å². The second-order valence-corrected chi connectivity index (χ2v) is 10.4. The molecule has 0 spiro atoms. The highest BCUT2D eigenvalue weighted by molar-refractivity contribution is 7.99. The number of aliphatic hydroxyl groups excluding tert-OH is 1. The van der Waals surface area contributed by atoms with Crippen LogP contribution in [0.25, 0.3) is 0 Å². The Hall–Kier alpha value is -3.45. The molecule has 1 aliphatic rings. The largest absolute Gasteiger partial charge is 0.465 e. The van der Waals surface area contributed by atoms with E-state index in [1.807, 2.05) is 60.1 Å². The predicted octanol–water partition coefficient (Wildman–Crippen LogP) is 3.25. The first-order valence-electron chi connectivity index (χ1n) is 13.1. The number of thioether (sulfide) groups is 1. The molecule has 3 N–H and O–H groups in total. The Morgan fingerprint density at radius 3 is 2.40 bits per heavy atom. The minimum atomic E-state index is -0.598. The maximum atomic E-state index is 12.0. The maximum absolute atomic E-state index is 12.0. The summed E-state index contributed by atoms with van der Waals surface area (Å²) in [4.78, 5) is 23.4. The Labute approximate surface area is 237 Å². The molecule has 1 aromatic heterocycles. The van der Waals surface area contributed by atoms with Gasteiger partial charge < -0.3 is 34.5 Å². The number of esters is 1. The second-order valence-electron chi connectivity index (χ2n) is 9.44. The first-order chi connectivity index (χ1) is 19.4.